The molecule has 0 unspecified atom stereocenters. The summed E-state index contributed by atoms with van der Waals surface area (Å²) in [4.78, 5) is 24.0. The fraction of sp³-hybridized carbons (Fsp3) is 0.143. The van der Waals surface area contributed by atoms with Crippen molar-refractivity contribution in [1.82, 2.24) is 5.32 Å². The second kappa shape index (κ2) is 6.29. The Morgan fingerprint density at radius 3 is 2.50 bits per heavy atom. The molecule has 6 nitrogen and oxygen atoms in total. The first-order valence-electron chi connectivity index (χ1n) is 6.24. The third kappa shape index (κ3) is 3.52. The normalized spacial score (nSPS) is 11.0. The van der Waals surface area contributed by atoms with Crippen molar-refractivity contribution in [2.24, 2.45) is 0 Å². The molecule has 0 bridgehead atoms. The predicted octanol–water partition coefficient (Wildman–Crippen LogP) is 1.76. The minimum absolute atomic E-state index is 0.0675. The number of rotatable bonds is 4. The standard InChI is InChI=1S/C14H14N2O4S2/c1-15-13(18)11-6-7-21-14(11)16-12(17)9-4-3-5-10(8-9)22(2,19)20/h3-8H,1-2H3,(H,15,18)(H,16,17). The minimum atomic E-state index is -3.39. The van der Waals surface area contributed by atoms with Crippen molar-refractivity contribution in [3.8, 4) is 0 Å². The van der Waals surface area contributed by atoms with Crippen LogP contribution in [0.1, 0.15) is 20.7 Å². The highest BCUT2D eigenvalue weighted by Crippen LogP contribution is 2.24. The number of benzene rings is 1. The van der Waals surface area contributed by atoms with E-state index in [1.165, 1.54) is 42.6 Å². The zero-order valence-electron chi connectivity index (χ0n) is 11.9. The molecule has 2 amide bonds. The molecule has 1 heterocycles. The monoisotopic (exact) mass is 338 g/mol. The molecule has 2 N–H and O–H groups in total. The number of amides is 2. The lowest BCUT2D eigenvalue weighted by molar-refractivity contribution is 0.0964. The highest BCUT2D eigenvalue weighted by atomic mass is 32.2. The Balaban J connectivity index is 2.27. The van der Waals surface area contributed by atoms with Crippen LogP contribution in [0.4, 0.5) is 5.00 Å². The molecular weight excluding hydrogens is 324 g/mol. The van der Waals surface area contributed by atoms with Crippen LogP contribution in [0.2, 0.25) is 0 Å². The molecule has 0 saturated heterocycles. The van der Waals surface area contributed by atoms with E-state index in [-0.39, 0.29) is 16.4 Å². The SMILES string of the molecule is CNC(=O)c1ccsc1NC(=O)c1cccc(S(C)(=O)=O)c1. The van der Waals surface area contributed by atoms with E-state index >= 15 is 0 Å². The van der Waals surface area contributed by atoms with Crippen molar-refractivity contribution in [3.63, 3.8) is 0 Å². The first-order valence-corrected chi connectivity index (χ1v) is 9.01. The van der Waals surface area contributed by atoms with Crippen LogP contribution in [0.5, 0.6) is 0 Å². The topological polar surface area (TPSA) is 92.3 Å². The van der Waals surface area contributed by atoms with Gasteiger partial charge < -0.3 is 10.6 Å². The van der Waals surface area contributed by atoms with Crippen molar-refractivity contribution in [1.29, 1.82) is 0 Å². The number of carbonyl (C=O) groups excluding carboxylic acids is 2. The van der Waals surface area contributed by atoms with Gasteiger partial charge in [0.2, 0.25) is 0 Å². The number of hydrogen-bond donors (Lipinski definition) is 2. The maximum absolute atomic E-state index is 12.2. The summed E-state index contributed by atoms with van der Waals surface area (Å²) in [6.07, 6.45) is 1.08. The van der Waals surface area contributed by atoms with Crippen LogP contribution in [-0.4, -0.2) is 33.5 Å². The molecule has 2 aromatic rings. The number of anilines is 1. The number of carbonyl (C=O) groups is 2. The summed E-state index contributed by atoms with van der Waals surface area (Å²) < 4.78 is 23.0. The molecule has 0 aliphatic carbocycles. The van der Waals surface area contributed by atoms with E-state index in [1.54, 1.807) is 11.4 Å². The fourth-order valence-electron chi connectivity index (χ4n) is 1.76. The van der Waals surface area contributed by atoms with Gasteiger partial charge >= 0.3 is 0 Å². The molecule has 0 fully saturated rings. The van der Waals surface area contributed by atoms with E-state index in [9.17, 15) is 18.0 Å². The summed E-state index contributed by atoms with van der Waals surface area (Å²) in [7, 11) is -1.89. The summed E-state index contributed by atoms with van der Waals surface area (Å²) in [5, 5.41) is 7.21. The zero-order valence-corrected chi connectivity index (χ0v) is 13.5. The van der Waals surface area contributed by atoms with Crippen molar-refractivity contribution in [3.05, 3.63) is 46.8 Å². The van der Waals surface area contributed by atoms with Gasteiger partial charge in [-0.2, -0.15) is 0 Å². The van der Waals surface area contributed by atoms with Crippen molar-refractivity contribution < 1.29 is 18.0 Å². The van der Waals surface area contributed by atoms with Crippen LogP contribution in [-0.2, 0) is 9.84 Å². The van der Waals surface area contributed by atoms with E-state index in [0.717, 1.165) is 6.26 Å². The Morgan fingerprint density at radius 1 is 1.14 bits per heavy atom. The van der Waals surface area contributed by atoms with Crippen LogP contribution in [0.15, 0.2) is 40.6 Å². The molecule has 116 valence electrons. The quantitative estimate of drug-likeness (QED) is 0.888. The third-order valence-corrected chi connectivity index (χ3v) is 4.83. The molecule has 1 aromatic heterocycles. The van der Waals surface area contributed by atoms with E-state index in [2.05, 4.69) is 10.6 Å². The first kappa shape index (κ1) is 16.2. The van der Waals surface area contributed by atoms with Gasteiger partial charge in [-0.3, -0.25) is 9.59 Å². The summed E-state index contributed by atoms with van der Waals surface area (Å²) in [5.74, 6) is -0.778. The smallest absolute Gasteiger partial charge is 0.256 e. The van der Waals surface area contributed by atoms with Gasteiger partial charge in [0.15, 0.2) is 9.84 Å². The predicted molar refractivity (Wildman–Crippen MR) is 85.2 cm³/mol. The Labute approximate surface area is 132 Å². The molecule has 0 aliphatic heterocycles. The molecular formula is C14H14N2O4S2. The third-order valence-electron chi connectivity index (χ3n) is 2.89. The second-order valence-corrected chi connectivity index (χ2v) is 7.43. The van der Waals surface area contributed by atoms with Gasteiger partial charge in [0, 0.05) is 18.9 Å². The molecule has 1 aromatic carbocycles. The molecule has 8 heteroatoms. The molecule has 0 aliphatic rings. The van der Waals surface area contributed by atoms with Gasteiger partial charge in [-0.1, -0.05) is 6.07 Å². The summed E-state index contributed by atoms with van der Waals surface area (Å²) >= 11 is 1.21. The molecule has 0 radical (unpaired) electrons. The summed E-state index contributed by atoms with van der Waals surface area (Å²) in [6, 6.07) is 7.34. The average Bonchev–Trinajstić information content (AvgIpc) is 2.93. The Morgan fingerprint density at radius 2 is 1.86 bits per heavy atom. The average molecular weight is 338 g/mol. The van der Waals surface area contributed by atoms with E-state index < -0.39 is 15.7 Å². The molecule has 0 saturated carbocycles. The lowest BCUT2D eigenvalue weighted by Gasteiger charge is -2.07. The number of nitrogens with one attached hydrogen (secondary N) is 2. The van der Waals surface area contributed by atoms with Gasteiger partial charge in [0.05, 0.1) is 10.5 Å². The van der Waals surface area contributed by atoms with E-state index in [0.29, 0.717) is 10.6 Å². The van der Waals surface area contributed by atoms with E-state index in [4.69, 9.17) is 0 Å². The van der Waals surface area contributed by atoms with Crippen molar-refractivity contribution in [2.75, 3.05) is 18.6 Å². The molecule has 2 rings (SSSR count). The number of hydrogen-bond acceptors (Lipinski definition) is 5. The lowest BCUT2D eigenvalue weighted by atomic mass is 10.2. The maximum Gasteiger partial charge on any atom is 0.256 e. The zero-order chi connectivity index (χ0) is 16.3. The van der Waals surface area contributed by atoms with Crippen LogP contribution in [0.25, 0.3) is 0 Å². The van der Waals surface area contributed by atoms with Crippen LogP contribution < -0.4 is 10.6 Å². The Bertz CT molecular complexity index is 825. The lowest BCUT2D eigenvalue weighted by Crippen LogP contribution is -2.20. The van der Waals surface area contributed by atoms with Crippen molar-refractivity contribution in [2.45, 2.75) is 4.90 Å². The molecule has 0 spiro atoms. The largest absolute Gasteiger partial charge is 0.355 e. The van der Waals surface area contributed by atoms with Gasteiger partial charge in [-0.25, -0.2) is 8.42 Å². The van der Waals surface area contributed by atoms with Gasteiger partial charge in [-0.15, -0.1) is 11.3 Å². The Kier molecular flexibility index (Phi) is 4.62. The van der Waals surface area contributed by atoms with Crippen LogP contribution >= 0.6 is 11.3 Å². The molecule has 22 heavy (non-hydrogen) atoms. The number of thiophene rings is 1. The van der Waals surface area contributed by atoms with Crippen LogP contribution in [0.3, 0.4) is 0 Å². The summed E-state index contributed by atoms with van der Waals surface area (Å²) in [5.41, 5.74) is 0.569. The highest BCUT2D eigenvalue weighted by molar-refractivity contribution is 7.90. The Hall–Kier alpha value is -2.19. The van der Waals surface area contributed by atoms with Gasteiger partial charge in [-0.05, 0) is 29.6 Å². The number of sulfone groups is 1. The van der Waals surface area contributed by atoms with Crippen molar-refractivity contribution >= 4 is 38.0 Å². The summed E-state index contributed by atoms with van der Waals surface area (Å²) in [6.45, 7) is 0. The van der Waals surface area contributed by atoms with Gasteiger partial charge in [0.1, 0.15) is 5.00 Å². The van der Waals surface area contributed by atoms with E-state index in [1.807, 2.05) is 0 Å². The second-order valence-electron chi connectivity index (χ2n) is 4.50. The minimum Gasteiger partial charge on any atom is -0.355 e. The molecule has 0 atom stereocenters. The fourth-order valence-corrected chi connectivity index (χ4v) is 3.21. The first-order chi connectivity index (χ1) is 10.3. The highest BCUT2D eigenvalue weighted by Gasteiger charge is 2.16. The maximum atomic E-state index is 12.2. The van der Waals surface area contributed by atoms with Crippen LogP contribution in [0, 0.1) is 0 Å². The van der Waals surface area contributed by atoms with Gasteiger partial charge in [0.25, 0.3) is 11.8 Å².